The number of H-pyrrole nitrogens is 1. The maximum absolute atomic E-state index is 14.0. The Hall–Kier alpha value is -2.73. The van der Waals surface area contributed by atoms with Crippen LogP contribution in [0.5, 0.6) is 11.6 Å². The molecular weight excluding hydrogens is 423 g/mol. The zero-order valence-corrected chi connectivity index (χ0v) is 16.5. The fraction of sp³-hybridized carbons (Fsp3) is 0.167. The predicted octanol–water partition coefficient (Wildman–Crippen LogP) is 2.21. The number of aromatic hydroxyl groups is 1. The smallest absolute Gasteiger partial charge is 0.333 e. The molecule has 0 amide bonds. The lowest BCUT2D eigenvalue weighted by Gasteiger charge is -2.18. The van der Waals surface area contributed by atoms with E-state index in [0.717, 1.165) is 16.9 Å². The fourth-order valence-corrected chi connectivity index (χ4v) is 3.84. The number of benzene rings is 2. The summed E-state index contributed by atoms with van der Waals surface area (Å²) in [6, 6.07) is 12.2. The second-order valence-corrected chi connectivity index (χ2v) is 8.26. The van der Waals surface area contributed by atoms with Crippen molar-refractivity contribution in [3.63, 3.8) is 0 Å². The van der Waals surface area contributed by atoms with Crippen LogP contribution in [0.4, 0.5) is 4.39 Å². The van der Waals surface area contributed by atoms with E-state index >= 15 is 0 Å². The number of nitrogens with one attached hydrogen (secondary N) is 1. The van der Waals surface area contributed by atoms with Gasteiger partial charge in [-0.15, -0.1) is 0 Å². The van der Waals surface area contributed by atoms with Crippen molar-refractivity contribution < 1.29 is 26.8 Å². The number of halogens is 1. The van der Waals surface area contributed by atoms with Crippen molar-refractivity contribution >= 4 is 21.6 Å². The molecular formula is C18H17FN2O6S2. The van der Waals surface area contributed by atoms with Gasteiger partial charge in [0.25, 0.3) is 0 Å². The highest BCUT2D eigenvalue weighted by Gasteiger charge is 2.22. The second kappa shape index (κ2) is 8.74. The summed E-state index contributed by atoms with van der Waals surface area (Å²) in [5.41, 5.74) is 0.810. The highest BCUT2D eigenvalue weighted by Crippen LogP contribution is 2.25. The van der Waals surface area contributed by atoms with Gasteiger partial charge in [0.2, 0.25) is 5.88 Å². The quantitative estimate of drug-likeness (QED) is 0.492. The molecule has 0 saturated heterocycles. The molecule has 4 N–H and O–H groups in total. The van der Waals surface area contributed by atoms with E-state index < -0.39 is 22.2 Å². The van der Waals surface area contributed by atoms with Crippen molar-refractivity contribution in [1.82, 2.24) is 4.98 Å². The average molecular weight is 440 g/mol. The number of aromatic nitrogens is 1. The van der Waals surface area contributed by atoms with Gasteiger partial charge in [-0.1, -0.05) is 41.7 Å². The summed E-state index contributed by atoms with van der Waals surface area (Å²) in [5.74, 6) is -0.418. The number of ether oxygens (including phenoxy) is 1. The number of nitrogens with two attached hydrogens (primary N) is 1. The molecule has 1 aromatic heterocycles. The number of aromatic amines is 1. The Balaban J connectivity index is 1.70. The summed E-state index contributed by atoms with van der Waals surface area (Å²) < 4.78 is 47.0. The molecule has 0 bridgehead atoms. The van der Waals surface area contributed by atoms with Gasteiger partial charge in [-0.2, -0.15) is 8.42 Å². The SMILES string of the molecule is NS(=O)(=O)OC(COc1ccc(Cc2sc(=O)[nH]c2O)cc1)c1ccccc1F. The minimum atomic E-state index is -4.33. The van der Waals surface area contributed by atoms with Crippen molar-refractivity contribution in [1.29, 1.82) is 0 Å². The van der Waals surface area contributed by atoms with Crippen LogP contribution in [-0.4, -0.2) is 25.1 Å². The molecule has 11 heteroatoms. The molecule has 0 fully saturated rings. The number of hydrogen-bond donors (Lipinski definition) is 3. The van der Waals surface area contributed by atoms with E-state index in [4.69, 9.17) is 14.1 Å². The Morgan fingerprint density at radius 3 is 2.45 bits per heavy atom. The lowest BCUT2D eigenvalue weighted by Crippen LogP contribution is -2.24. The van der Waals surface area contributed by atoms with E-state index in [1.54, 1.807) is 24.3 Å². The van der Waals surface area contributed by atoms with Crippen LogP contribution in [0.25, 0.3) is 0 Å². The summed E-state index contributed by atoms with van der Waals surface area (Å²) in [7, 11) is -4.33. The maximum atomic E-state index is 14.0. The molecule has 0 saturated carbocycles. The Bertz CT molecular complexity index is 1140. The first-order valence-corrected chi connectivity index (χ1v) is 10.6. The Labute approximate surface area is 169 Å². The highest BCUT2D eigenvalue weighted by molar-refractivity contribution is 7.84. The van der Waals surface area contributed by atoms with Gasteiger partial charge in [0.1, 0.15) is 24.3 Å². The molecule has 8 nitrogen and oxygen atoms in total. The molecule has 2 aromatic carbocycles. The van der Waals surface area contributed by atoms with Crippen LogP contribution < -0.4 is 14.7 Å². The molecule has 1 atom stereocenters. The van der Waals surface area contributed by atoms with Gasteiger partial charge in [-0.3, -0.25) is 9.78 Å². The van der Waals surface area contributed by atoms with Crippen LogP contribution in [0.2, 0.25) is 0 Å². The van der Waals surface area contributed by atoms with E-state index in [0.29, 0.717) is 17.0 Å². The topological polar surface area (TPSA) is 132 Å². The van der Waals surface area contributed by atoms with E-state index in [1.165, 1.54) is 24.3 Å². The van der Waals surface area contributed by atoms with Crippen molar-refractivity contribution in [2.24, 2.45) is 5.14 Å². The Morgan fingerprint density at radius 1 is 1.17 bits per heavy atom. The first kappa shape index (κ1) is 21.0. The largest absolute Gasteiger partial charge is 0.494 e. The molecule has 1 unspecified atom stereocenters. The predicted molar refractivity (Wildman–Crippen MR) is 105 cm³/mol. The van der Waals surface area contributed by atoms with Crippen LogP contribution in [0.1, 0.15) is 22.1 Å². The van der Waals surface area contributed by atoms with E-state index in [2.05, 4.69) is 4.98 Å². The van der Waals surface area contributed by atoms with Gasteiger partial charge in [0, 0.05) is 12.0 Å². The molecule has 1 heterocycles. The minimum Gasteiger partial charge on any atom is -0.494 e. The number of hydrogen-bond acceptors (Lipinski definition) is 7. The van der Waals surface area contributed by atoms with Crippen LogP contribution in [-0.2, 0) is 20.9 Å². The standard InChI is InChI=1S/C18H17FN2O6S2/c19-14-4-2-1-3-13(14)15(27-29(20,24)25)10-26-12-7-5-11(6-8-12)9-16-17(22)21-18(23)28-16/h1-8,15,22H,9-10H2,(H,21,23)(H2,20,24,25). The van der Waals surface area contributed by atoms with Gasteiger partial charge in [-0.25, -0.2) is 13.7 Å². The molecule has 0 aliphatic carbocycles. The first-order valence-electron chi connectivity index (χ1n) is 8.29. The molecule has 0 radical (unpaired) electrons. The van der Waals surface area contributed by atoms with Gasteiger partial charge < -0.3 is 9.84 Å². The summed E-state index contributed by atoms with van der Waals surface area (Å²) in [6.07, 6.45) is -0.915. The van der Waals surface area contributed by atoms with Crippen LogP contribution in [0, 0.1) is 5.82 Å². The van der Waals surface area contributed by atoms with Crippen LogP contribution in [0.15, 0.2) is 53.3 Å². The van der Waals surface area contributed by atoms with E-state index in [1.807, 2.05) is 0 Å². The van der Waals surface area contributed by atoms with Crippen LogP contribution in [0.3, 0.4) is 0 Å². The molecule has 0 aliphatic heterocycles. The third-order valence-corrected chi connectivity index (χ3v) is 5.26. The molecule has 3 aromatic rings. The Morgan fingerprint density at radius 2 is 1.86 bits per heavy atom. The Kier molecular flexibility index (Phi) is 6.33. The van der Waals surface area contributed by atoms with Gasteiger partial charge in [0.15, 0.2) is 0 Å². The van der Waals surface area contributed by atoms with Gasteiger partial charge in [0.05, 0.1) is 4.88 Å². The van der Waals surface area contributed by atoms with Crippen molar-refractivity contribution in [3.05, 3.63) is 80.0 Å². The fourth-order valence-electron chi connectivity index (χ4n) is 2.60. The highest BCUT2D eigenvalue weighted by atomic mass is 32.2. The molecule has 154 valence electrons. The van der Waals surface area contributed by atoms with Crippen molar-refractivity contribution in [2.45, 2.75) is 12.5 Å². The third kappa shape index (κ3) is 5.87. The lowest BCUT2D eigenvalue weighted by atomic mass is 10.1. The normalized spacial score (nSPS) is 12.6. The van der Waals surface area contributed by atoms with E-state index in [-0.39, 0.29) is 22.9 Å². The zero-order chi connectivity index (χ0) is 21.0. The monoisotopic (exact) mass is 440 g/mol. The molecule has 29 heavy (non-hydrogen) atoms. The summed E-state index contributed by atoms with van der Waals surface area (Å²) in [5, 5.41) is 14.6. The zero-order valence-electron chi connectivity index (χ0n) is 14.9. The van der Waals surface area contributed by atoms with E-state index in [9.17, 15) is 22.7 Å². The lowest BCUT2D eigenvalue weighted by molar-refractivity contribution is 0.132. The van der Waals surface area contributed by atoms with Crippen molar-refractivity contribution in [2.75, 3.05) is 6.61 Å². The molecule has 3 rings (SSSR count). The number of thiazole rings is 1. The second-order valence-electron chi connectivity index (χ2n) is 6.02. The average Bonchev–Trinajstić information content (AvgIpc) is 2.96. The van der Waals surface area contributed by atoms with Gasteiger partial charge in [-0.05, 0) is 23.8 Å². The van der Waals surface area contributed by atoms with Gasteiger partial charge >= 0.3 is 15.2 Å². The van der Waals surface area contributed by atoms with Crippen molar-refractivity contribution in [3.8, 4) is 11.6 Å². The minimum absolute atomic E-state index is 0.00372. The summed E-state index contributed by atoms with van der Waals surface area (Å²) >= 11 is 0.919. The summed E-state index contributed by atoms with van der Waals surface area (Å²) in [4.78, 5) is 13.7. The maximum Gasteiger partial charge on any atom is 0.333 e. The number of rotatable bonds is 8. The first-order chi connectivity index (χ1) is 13.7. The third-order valence-electron chi connectivity index (χ3n) is 3.89. The molecule has 0 spiro atoms. The van der Waals surface area contributed by atoms with Crippen LogP contribution >= 0.6 is 11.3 Å². The molecule has 0 aliphatic rings. The summed E-state index contributed by atoms with van der Waals surface area (Å²) in [6.45, 7) is -0.295.